The van der Waals surface area contributed by atoms with Gasteiger partial charge in [-0.25, -0.2) is 0 Å². The molecule has 8 heteroatoms. The van der Waals surface area contributed by atoms with E-state index in [0.717, 1.165) is 10.8 Å². The highest BCUT2D eigenvalue weighted by Gasteiger charge is 2.47. The lowest BCUT2D eigenvalue weighted by Crippen LogP contribution is -2.29. The van der Waals surface area contributed by atoms with Gasteiger partial charge in [-0.15, -0.1) is 0 Å². The van der Waals surface area contributed by atoms with Gasteiger partial charge in [-0.3, -0.25) is 14.5 Å². The van der Waals surface area contributed by atoms with E-state index < -0.39 is 17.7 Å². The molecular weight excluding hydrogens is 498 g/mol. The Balaban J connectivity index is 1.59. The molecule has 39 heavy (non-hydrogen) atoms. The van der Waals surface area contributed by atoms with E-state index in [1.165, 1.54) is 11.0 Å². The minimum absolute atomic E-state index is 0.0745. The molecule has 2 aliphatic heterocycles. The summed E-state index contributed by atoms with van der Waals surface area (Å²) in [7, 11) is 0. The number of aliphatic hydroxyl groups is 1. The van der Waals surface area contributed by atoms with E-state index in [4.69, 9.17) is 14.2 Å². The van der Waals surface area contributed by atoms with Crippen LogP contribution >= 0.6 is 0 Å². The van der Waals surface area contributed by atoms with E-state index in [2.05, 4.69) is 0 Å². The molecule has 6 rings (SSSR count). The normalized spacial score (nSPS) is 18.0. The first-order chi connectivity index (χ1) is 19.0. The van der Waals surface area contributed by atoms with Gasteiger partial charge in [0.05, 0.1) is 23.9 Å². The van der Waals surface area contributed by atoms with Crippen LogP contribution in [0.2, 0.25) is 0 Å². The number of fused-ring (bicyclic) bond motifs is 2. The molecular formula is C31H25NO7. The second-order valence-electron chi connectivity index (χ2n) is 9.19. The molecule has 196 valence electrons. The molecule has 2 heterocycles. The molecule has 0 radical (unpaired) electrons. The first-order valence-electron chi connectivity index (χ1n) is 12.6. The lowest BCUT2D eigenvalue weighted by Gasteiger charge is -2.27. The van der Waals surface area contributed by atoms with E-state index >= 15 is 0 Å². The van der Waals surface area contributed by atoms with Crippen molar-refractivity contribution in [2.24, 2.45) is 0 Å². The van der Waals surface area contributed by atoms with Crippen LogP contribution in [0.4, 0.5) is 5.69 Å². The van der Waals surface area contributed by atoms with Gasteiger partial charge in [0.2, 0.25) is 0 Å². The summed E-state index contributed by atoms with van der Waals surface area (Å²) in [4.78, 5) is 28.7. The van der Waals surface area contributed by atoms with E-state index in [9.17, 15) is 19.8 Å². The molecule has 0 aliphatic carbocycles. The van der Waals surface area contributed by atoms with Crippen molar-refractivity contribution in [2.75, 3.05) is 24.7 Å². The van der Waals surface area contributed by atoms with Crippen LogP contribution in [0, 0.1) is 0 Å². The van der Waals surface area contributed by atoms with Gasteiger partial charge in [0.15, 0.2) is 23.0 Å². The smallest absolute Gasteiger partial charge is 0.300 e. The van der Waals surface area contributed by atoms with Crippen LogP contribution in [0.1, 0.15) is 24.1 Å². The SMILES string of the molecule is CCOc1cc(C2/C(=C(\O)c3ccc4c(c3)OCCO4)C(=O)C(=O)N2c2cccc3ccccc23)ccc1O. The van der Waals surface area contributed by atoms with Crippen molar-refractivity contribution in [3.63, 3.8) is 0 Å². The first kappa shape index (κ1) is 24.4. The number of nitrogens with zero attached hydrogens (tertiary/aromatic N) is 1. The van der Waals surface area contributed by atoms with Gasteiger partial charge >= 0.3 is 0 Å². The summed E-state index contributed by atoms with van der Waals surface area (Å²) in [5, 5.41) is 23.6. The number of carbonyl (C=O) groups excluding carboxylic acids is 2. The van der Waals surface area contributed by atoms with Crippen LogP contribution in [0.3, 0.4) is 0 Å². The Morgan fingerprint density at radius 1 is 0.949 bits per heavy atom. The maximum atomic E-state index is 13.7. The van der Waals surface area contributed by atoms with Crippen molar-refractivity contribution in [3.05, 3.63) is 95.6 Å². The minimum Gasteiger partial charge on any atom is -0.507 e. The Morgan fingerprint density at radius 3 is 2.54 bits per heavy atom. The number of amides is 1. The van der Waals surface area contributed by atoms with Crippen molar-refractivity contribution < 1.29 is 34.0 Å². The fraction of sp³-hybridized carbons (Fsp3) is 0.161. The third-order valence-corrected chi connectivity index (χ3v) is 6.89. The average molecular weight is 524 g/mol. The lowest BCUT2D eigenvalue weighted by molar-refractivity contribution is -0.132. The summed E-state index contributed by atoms with van der Waals surface area (Å²) >= 11 is 0. The topological polar surface area (TPSA) is 106 Å². The minimum atomic E-state index is -0.996. The Bertz CT molecular complexity index is 1650. The number of aromatic hydroxyl groups is 1. The first-order valence-corrected chi connectivity index (χ1v) is 12.6. The van der Waals surface area contributed by atoms with E-state index in [1.54, 1.807) is 43.3 Å². The zero-order valence-corrected chi connectivity index (χ0v) is 21.1. The Labute approximate surface area is 224 Å². The maximum Gasteiger partial charge on any atom is 0.300 e. The zero-order chi connectivity index (χ0) is 27.1. The molecule has 1 atom stereocenters. The molecule has 1 unspecified atom stereocenters. The molecule has 0 bridgehead atoms. The van der Waals surface area contributed by atoms with Crippen molar-refractivity contribution in [1.82, 2.24) is 0 Å². The number of Topliss-reactive ketones (excluding diaryl/α,β-unsaturated/α-hetero) is 1. The maximum absolute atomic E-state index is 13.7. The second kappa shape index (κ2) is 9.72. The highest BCUT2D eigenvalue weighted by Crippen LogP contribution is 2.46. The van der Waals surface area contributed by atoms with Crippen LogP contribution in [0.15, 0.2) is 84.4 Å². The summed E-state index contributed by atoms with van der Waals surface area (Å²) in [6.07, 6.45) is 0. The van der Waals surface area contributed by atoms with E-state index in [0.29, 0.717) is 48.1 Å². The molecule has 4 aromatic rings. The summed E-state index contributed by atoms with van der Waals surface area (Å²) in [5.74, 6) is -0.844. The number of anilines is 1. The number of hydrogen-bond donors (Lipinski definition) is 2. The van der Waals surface area contributed by atoms with E-state index in [-0.39, 0.29) is 22.8 Å². The lowest BCUT2D eigenvalue weighted by atomic mass is 9.94. The molecule has 0 aromatic heterocycles. The predicted octanol–water partition coefficient (Wildman–Crippen LogP) is 5.34. The standard InChI is InChI=1S/C31H25NO7/c1-2-37-25-16-19(10-12-23(25)33)28-27(29(34)20-11-13-24-26(17-20)39-15-14-38-24)30(35)31(36)32(28)22-9-5-7-18-6-3-4-8-21(18)22/h3-13,16-17,28,33-34H,2,14-15H2,1H3/b29-27+. The van der Waals surface area contributed by atoms with Crippen LogP contribution in [-0.4, -0.2) is 41.7 Å². The number of ether oxygens (including phenoxy) is 3. The van der Waals surface area contributed by atoms with Gasteiger partial charge < -0.3 is 24.4 Å². The fourth-order valence-corrected chi connectivity index (χ4v) is 5.13. The summed E-state index contributed by atoms with van der Waals surface area (Å²) < 4.78 is 16.8. The highest BCUT2D eigenvalue weighted by molar-refractivity contribution is 6.52. The summed E-state index contributed by atoms with van der Waals surface area (Å²) in [6.45, 7) is 2.86. The van der Waals surface area contributed by atoms with E-state index in [1.807, 2.05) is 36.4 Å². The molecule has 0 spiro atoms. The molecule has 1 saturated heterocycles. The molecule has 1 fully saturated rings. The van der Waals surface area contributed by atoms with Crippen molar-refractivity contribution in [2.45, 2.75) is 13.0 Å². The largest absolute Gasteiger partial charge is 0.507 e. The van der Waals surface area contributed by atoms with Crippen molar-refractivity contribution >= 4 is 33.9 Å². The Hall–Kier alpha value is -4.98. The predicted molar refractivity (Wildman–Crippen MR) is 145 cm³/mol. The molecule has 4 aromatic carbocycles. The molecule has 8 nitrogen and oxygen atoms in total. The molecule has 0 saturated carbocycles. The fourth-order valence-electron chi connectivity index (χ4n) is 5.13. The van der Waals surface area contributed by atoms with Gasteiger partial charge in [-0.2, -0.15) is 0 Å². The summed E-state index contributed by atoms with van der Waals surface area (Å²) in [5.41, 5.74) is 1.23. The molecule has 1 amide bonds. The second-order valence-corrected chi connectivity index (χ2v) is 9.19. The van der Waals surface area contributed by atoms with Crippen LogP contribution in [0.5, 0.6) is 23.0 Å². The van der Waals surface area contributed by atoms with Gasteiger partial charge in [0.25, 0.3) is 11.7 Å². The van der Waals surface area contributed by atoms with Crippen LogP contribution in [-0.2, 0) is 9.59 Å². The Kier molecular flexibility index (Phi) is 6.07. The molecule has 2 N–H and O–H groups in total. The number of hydrogen-bond acceptors (Lipinski definition) is 7. The number of benzene rings is 4. The summed E-state index contributed by atoms with van der Waals surface area (Å²) in [6, 6.07) is 21.6. The van der Waals surface area contributed by atoms with Gasteiger partial charge in [-0.05, 0) is 54.3 Å². The average Bonchev–Trinajstić information content (AvgIpc) is 3.23. The number of phenolic OH excluding ortho intramolecular Hbond substituents is 1. The van der Waals surface area contributed by atoms with Gasteiger partial charge in [-0.1, -0.05) is 42.5 Å². The quantitative estimate of drug-likeness (QED) is 0.207. The highest BCUT2D eigenvalue weighted by atomic mass is 16.6. The third kappa shape index (κ3) is 4.10. The van der Waals surface area contributed by atoms with Gasteiger partial charge in [0, 0.05) is 10.9 Å². The van der Waals surface area contributed by atoms with Crippen molar-refractivity contribution in [3.8, 4) is 23.0 Å². The van der Waals surface area contributed by atoms with Crippen LogP contribution < -0.4 is 19.1 Å². The van der Waals surface area contributed by atoms with Crippen molar-refractivity contribution in [1.29, 1.82) is 0 Å². The number of carbonyl (C=O) groups is 2. The third-order valence-electron chi connectivity index (χ3n) is 6.89. The van der Waals surface area contributed by atoms with Crippen LogP contribution in [0.25, 0.3) is 16.5 Å². The zero-order valence-electron chi connectivity index (χ0n) is 21.1. The van der Waals surface area contributed by atoms with Gasteiger partial charge in [0.1, 0.15) is 19.0 Å². The molecule has 2 aliphatic rings. The number of phenols is 1. The number of ketones is 1. The Morgan fingerprint density at radius 2 is 1.72 bits per heavy atom. The monoisotopic (exact) mass is 523 g/mol. The number of aliphatic hydroxyl groups excluding tert-OH is 1. The number of rotatable bonds is 5.